The minimum atomic E-state index is -3.03. The van der Waals surface area contributed by atoms with Crippen LogP contribution in [0.15, 0.2) is 42.5 Å². The summed E-state index contributed by atoms with van der Waals surface area (Å²) in [6.45, 7) is -3.03. The van der Waals surface area contributed by atoms with Gasteiger partial charge >= 0.3 is 6.61 Å². The second-order valence-electron chi connectivity index (χ2n) is 3.96. The largest absolute Gasteiger partial charge is 0.435 e. The fourth-order valence-corrected chi connectivity index (χ4v) is 1.62. The lowest BCUT2D eigenvalue weighted by atomic mass is 10.2. The van der Waals surface area contributed by atoms with Gasteiger partial charge in [0.1, 0.15) is 23.1 Å². The second kappa shape index (κ2) is 6.25. The number of ether oxygens (including phenoxy) is 1. The van der Waals surface area contributed by atoms with Gasteiger partial charge in [-0.2, -0.15) is 8.78 Å². The third kappa shape index (κ3) is 3.71. The van der Waals surface area contributed by atoms with Crippen molar-refractivity contribution in [2.75, 3.05) is 5.32 Å². The van der Waals surface area contributed by atoms with Gasteiger partial charge in [-0.15, -0.1) is 0 Å². The molecule has 2 aromatic carbocycles. The lowest BCUT2D eigenvalue weighted by Gasteiger charge is -2.09. The molecule has 0 aromatic heterocycles. The average Bonchev–Trinajstić information content (AvgIpc) is 2.42. The topological polar surface area (TPSA) is 38.3 Å². The number of halogens is 4. The highest BCUT2D eigenvalue weighted by Crippen LogP contribution is 2.21. The van der Waals surface area contributed by atoms with Crippen molar-refractivity contribution in [1.82, 2.24) is 0 Å². The van der Waals surface area contributed by atoms with Gasteiger partial charge < -0.3 is 10.1 Å². The number of benzene rings is 2. The van der Waals surface area contributed by atoms with Gasteiger partial charge in [0.15, 0.2) is 0 Å². The number of rotatable bonds is 4. The molecule has 2 rings (SSSR count). The van der Waals surface area contributed by atoms with Crippen molar-refractivity contribution < 1.29 is 27.1 Å². The van der Waals surface area contributed by atoms with E-state index in [-0.39, 0.29) is 11.3 Å². The highest BCUT2D eigenvalue weighted by atomic mass is 19.3. The van der Waals surface area contributed by atoms with Gasteiger partial charge in [0.25, 0.3) is 5.91 Å². The highest BCUT2D eigenvalue weighted by molar-refractivity contribution is 6.04. The Bertz CT molecular complexity index is 641. The smallest absolute Gasteiger partial charge is 0.387 e. The molecule has 0 aliphatic carbocycles. The minimum Gasteiger partial charge on any atom is -0.435 e. The van der Waals surface area contributed by atoms with Crippen LogP contribution in [0.3, 0.4) is 0 Å². The van der Waals surface area contributed by atoms with E-state index in [2.05, 4.69) is 4.74 Å². The molecular weight excluding hydrogens is 290 g/mol. The van der Waals surface area contributed by atoms with Gasteiger partial charge in [0, 0.05) is 5.56 Å². The highest BCUT2D eigenvalue weighted by Gasteiger charge is 2.14. The molecule has 0 atom stereocenters. The predicted octanol–water partition coefficient (Wildman–Crippen LogP) is 3.82. The van der Waals surface area contributed by atoms with E-state index in [1.165, 1.54) is 18.2 Å². The van der Waals surface area contributed by atoms with Crippen LogP contribution in [0.5, 0.6) is 5.75 Å². The molecule has 0 spiro atoms. The zero-order valence-electron chi connectivity index (χ0n) is 10.4. The van der Waals surface area contributed by atoms with Crippen molar-refractivity contribution in [3.63, 3.8) is 0 Å². The molecule has 2 aromatic rings. The molecule has 0 bridgehead atoms. The molecule has 7 heteroatoms. The van der Waals surface area contributed by atoms with Gasteiger partial charge in [-0.1, -0.05) is 12.1 Å². The molecule has 0 unspecified atom stereocenters. The third-order valence-corrected chi connectivity index (χ3v) is 2.52. The molecule has 110 valence electrons. The molecule has 1 N–H and O–H groups in total. The van der Waals surface area contributed by atoms with Crippen molar-refractivity contribution in [2.45, 2.75) is 6.61 Å². The Labute approximate surface area is 117 Å². The summed E-state index contributed by atoms with van der Waals surface area (Å²) in [5, 5.41) is 2.04. The monoisotopic (exact) mass is 299 g/mol. The molecule has 0 aliphatic heterocycles. The Morgan fingerprint density at radius 3 is 2.29 bits per heavy atom. The van der Waals surface area contributed by atoms with Crippen LogP contribution in [-0.2, 0) is 0 Å². The van der Waals surface area contributed by atoms with Gasteiger partial charge in [-0.05, 0) is 30.3 Å². The van der Waals surface area contributed by atoms with Crippen LogP contribution < -0.4 is 10.1 Å². The molecule has 0 heterocycles. The summed E-state index contributed by atoms with van der Waals surface area (Å²) >= 11 is 0. The van der Waals surface area contributed by atoms with E-state index < -0.39 is 29.8 Å². The van der Waals surface area contributed by atoms with E-state index in [0.29, 0.717) is 0 Å². The van der Waals surface area contributed by atoms with Crippen molar-refractivity contribution in [2.24, 2.45) is 0 Å². The summed E-state index contributed by atoms with van der Waals surface area (Å²) in [5.74, 6) is -2.96. The lowest BCUT2D eigenvalue weighted by molar-refractivity contribution is -0.0498. The van der Waals surface area contributed by atoms with Gasteiger partial charge in [-0.25, -0.2) is 8.78 Å². The standard InChI is InChI=1S/C14H9F4NO2/c15-10-5-2-6-11(16)12(10)19-13(20)8-3-1-4-9(7-8)21-14(17)18/h1-7,14H,(H,19,20). The first-order valence-corrected chi connectivity index (χ1v) is 5.77. The summed E-state index contributed by atoms with van der Waals surface area (Å²) < 4.78 is 55.1. The zero-order chi connectivity index (χ0) is 15.4. The van der Waals surface area contributed by atoms with Gasteiger partial charge in [-0.3, -0.25) is 4.79 Å². The molecule has 3 nitrogen and oxygen atoms in total. The number of hydrogen-bond donors (Lipinski definition) is 1. The quantitative estimate of drug-likeness (QED) is 0.872. The van der Waals surface area contributed by atoms with Crippen LogP contribution in [0.4, 0.5) is 23.2 Å². The van der Waals surface area contributed by atoms with E-state index in [9.17, 15) is 22.4 Å². The Balaban J connectivity index is 2.21. The number of carbonyl (C=O) groups is 1. The summed E-state index contributed by atoms with van der Waals surface area (Å²) in [5.41, 5.74) is -0.682. The normalized spacial score (nSPS) is 10.5. The van der Waals surface area contributed by atoms with Crippen LogP contribution >= 0.6 is 0 Å². The van der Waals surface area contributed by atoms with Crippen LogP contribution in [0, 0.1) is 11.6 Å². The zero-order valence-corrected chi connectivity index (χ0v) is 10.4. The Kier molecular flexibility index (Phi) is 4.42. The van der Waals surface area contributed by atoms with E-state index in [1.807, 2.05) is 5.32 Å². The first-order chi connectivity index (χ1) is 9.97. The molecule has 0 saturated carbocycles. The molecule has 0 fully saturated rings. The average molecular weight is 299 g/mol. The van der Waals surface area contributed by atoms with Crippen LogP contribution in [0.2, 0.25) is 0 Å². The van der Waals surface area contributed by atoms with Crippen molar-refractivity contribution in [1.29, 1.82) is 0 Å². The first kappa shape index (κ1) is 14.8. The molecule has 1 amide bonds. The summed E-state index contributed by atoms with van der Waals surface area (Å²) in [4.78, 5) is 11.9. The third-order valence-electron chi connectivity index (χ3n) is 2.52. The predicted molar refractivity (Wildman–Crippen MR) is 67.4 cm³/mol. The van der Waals surface area contributed by atoms with Crippen molar-refractivity contribution in [3.8, 4) is 5.75 Å². The Morgan fingerprint density at radius 1 is 1.05 bits per heavy atom. The summed E-state index contributed by atoms with van der Waals surface area (Å²) in [7, 11) is 0. The molecule has 21 heavy (non-hydrogen) atoms. The Hall–Kier alpha value is -2.57. The van der Waals surface area contributed by atoms with Gasteiger partial charge in [0.2, 0.25) is 0 Å². The van der Waals surface area contributed by atoms with E-state index in [1.54, 1.807) is 0 Å². The van der Waals surface area contributed by atoms with E-state index in [4.69, 9.17) is 0 Å². The number of carbonyl (C=O) groups excluding carboxylic acids is 1. The Morgan fingerprint density at radius 2 is 1.67 bits per heavy atom. The van der Waals surface area contributed by atoms with Gasteiger partial charge in [0.05, 0.1) is 0 Å². The fourth-order valence-electron chi connectivity index (χ4n) is 1.62. The summed E-state index contributed by atoms with van der Waals surface area (Å²) in [6, 6.07) is 7.99. The SMILES string of the molecule is O=C(Nc1c(F)cccc1F)c1cccc(OC(F)F)c1. The lowest BCUT2D eigenvalue weighted by Crippen LogP contribution is -2.14. The molecular formula is C14H9F4NO2. The van der Waals surface area contributed by atoms with Crippen LogP contribution in [-0.4, -0.2) is 12.5 Å². The maximum atomic E-state index is 13.4. The minimum absolute atomic E-state index is 0.0733. The van der Waals surface area contributed by atoms with Crippen LogP contribution in [0.1, 0.15) is 10.4 Å². The van der Waals surface area contributed by atoms with Crippen molar-refractivity contribution in [3.05, 3.63) is 59.7 Å². The number of anilines is 1. The fraction of sp³-hybridized carbons (Fsp3) is 0.0714. The van der Waals surface area contributed by atoms with Crippen LogP contribution in [0.25, 0.3) is 0 Å². The first-order valence-electron chi connectivity index (χ1n) is 5.77. The number of hydrogen-bond acceptors (Lipinski definition) is 2. The summed E-state index contributed by atoms with van der Waals surface area (Å²) in [6.07, 6.45) is 0. The second-order valence-corrected chi connectivity index (χ2v) is 3.96. The number of alkyl halides is 2. The van der Waals surface area contributed by atoms with E-state index >= 15 is 0 Å². The number of para-hydroxylation sites is 1. The maximum Gasteiger partial charge on any atom is 0.387 e. The number of nitrogens with one attached hydrogen (secondary N) is 1. The maximum absolute atomic E-state index is 13.4. The van der Waals surface area contributed by atoms with E-state index in [0.717, 1.165) is 24.3 Å². The molecule has 0 radical (unpaired) electrons. The molecule has 0 aliphatic rings. The molecule has 0 saturated heterocycles. The number of amides is 1. The van der Waals surface area contributed by atoms with Crippen molar-refractivity contribution >= 4 is 11.6 Å².